The molecule has 2 aromatic heterocycles. The summed E-state index contributed by atoms with van der Waals surface area (Å²) in [5, 5.41) is 2.96. The van der Waals surface area contributed by atoms with Crippen molar-refractivity contribution in [2.45, 2.75) is 33.7 Å². The molecule has 0 bridgehead atoms. The van der Waals surface area contributed by atoms with Crippen molar-refractivity contribution in [2.75, 3.05) is 6.54 Å². The number of aryl methyl sites for hydroxylation is 3. The molecule has 1 N–H and O–H groups in total. The largest absolute Gasteiger partial charge is 0.350 e. The Morgan fingerprint density at radius 3 is 2.47 bits per heavy atom. The first kappa shape index (κ1) is 19.8. The third-order valence-corrected chi connectivity index (χ3v) is 5.42. The van der Waals surface area contributed by atoms with E-state index in [1.807, 2.05) is 24.3 Å². The first-order chi connectivity index (χ1) is 14.5. The third-order valence-electron chi connectivity index (χ3n) is 5.42. The summed E-state index contributed by atoms with van der Waals surface area (Å²) >= 11 is 0. The predicted molar refractivity (Wildman–Crippen MR) is 120 cm³/mol. The second-order valence-corrected chi connectivity index (χ2v) is 7.70. The number of nitrogens with one attached hydrogen (secondary N) is 1. The standard InChI is InChI=1S/C25H26N4O/c1-17-14-18(2)20(19(3)15-17)16-29-23-10-5-4-8-21(23)28-24(29)11-13-27-25(30)22-9-6-7-12-26-22/h4-10,12,14-15H,11,13,16H2,1-3H3,(H,27,30). The number of carbonyl (C=O) groups is 1. The lowest BCUT2D eigenvalue weighted by Crippen LogP contribution is -2.27. The van der Waals surface area contributed by atoms with Crippen LogP contribution in [0.2, 0.25) is 0 Å². The molecule has 30 heavy (non-hydrogen) atoms. The molecule has 0 aliphatic rings. The van der Waals surface area contributed by atoms with E-state index >= 15 is 0 Å². The Morgan fingerprint density at radius 2 is 1.73 bits per heavy atom. The van der Waals surface area contributed by atoms with E-state index in [9.17, 15) is 4.79 Å². The van der Waals surface area contributed by atoms with Crippen LogP contribution in [-0.4, -0.2) is 27.0 Å². The maximum Gasteiger partial charge on any atom is 0.269 e. The molecule has 0 saturated carbocycles. The number of carbonyl (C=O) groups excluding carboxylic acids is 1. The summed E-state index contributed by atoms with van der Waals surface area (Å²) in [6, 6.07) is 18.0. The number of hydrogen-bond acceptors (Lipinski definition) is 3. The molecule has 152 valence electrons. The lowest BCUT2D eigenvalue weighted by molar-refractivity contribution is 0.0949. The number of imidazole rings is 1. The van der Waals surface area contributed by atoms with Crippen LogP contribution in [0.4, 0.5) is 0 Å². The Hall–Kier alpha value is -3.47. The Kier molecular flexibility index (Phi) is 5.61. The van der Waals surface area contributed by atoms with Gasteiger partial charge >= 0.3 is 0 Å². The highest BCUT2D eigenvalue weighted by Gasteiger charge is 2.14. The first-order valence-corrected chi connectivity index (χ1v) is 10.2. The van der Waals surface area contributed by atoms with Gasteiger partial charge in [-0.25, -0.2) is 4.98 Å². The molecule has 1 amide bonds. The van der Waals surface area contributed by atoms with Gasteiger partial charge in [-0.15, -0.1) is 0 Å². The van der Waals surface area contributed by atoms with E-state index in [4.69, 9.17) is 4.98 Å². The summed E-state index contributed by atoms with van der Waals surface area (Å²) in [5.74, 6) is 0.806. The van der Waals surface area contributed by atoms with Gasteiger partial charge in [0.25, 0.3) is 5.91 Å². The molecule has 4 rings (SSSR count). The first-order valence-electron chi connectivity index (χ1n) is 10.2. The van der Waals surface area contributed by atoms with Crippen molar-refractivity contribution >= 4 is 16.9 Å². The molecule has 0 radical (unpaired) electrons. The van der Waals surface area contributed by atoms with E-state index in [1.165, 1.54) is 22.3 Å². The van der Waals surface area contributed by atoms with Crippen LogP contribution in [0.3, 0.4) is 0 Å². The molecule has 5 nitrogen and oxygen atoms in total. The highest BCUT2D eigenvalue weighted by Crippen LogP contribution is 2.22. The Balaban J connectivity index is 1.59. The minimum atomic E-state index is -0.163. The molecular weight excluding hydrogens is 372 g/mol. The van der Waals surface area contributed by atoms with Crippen LogP contribution < -0.4 is 5.32 Å². The third kappa shape index (κ3) is 4.10. The number of rotatable bonds is 6. The van der Waals surface area contributed by atoms with Crippen molar-refractivity contribution in [3.8, 4) is 0 Å². The molecule has 2 heterocycles. The zero-order valence-electron chi connectivity index (χ0n) is 17.6. The molecule has 0 fully saturated rings. The fourth-order valence-corrected chi connectivity index (χ4v) is 3.99. The molecule has 0 aliphatic carbocycles. The lowest BCUT2D eigenvalue weighted by atomic mass is 9.99. The van der Waals surface area contributed by atoms with Crippen molar-refractivity contribution < 1.29 is 4.79 Å². The van der Waals surface area contributed by atoms with Crippen molar-refractivity contribution in [3.63, 3.8) is 0 Å². The highest BCUT2D eigenvalue weighted by molar-refractivity contribution is 5.92. The van der Waals surface area contributed by atoms with E-state index in [1.54, 1.807) is 18.3 Å². The number of hydrogen-bond donors (Lipinski definition) is 1. The van der Waals surface area contributed by atoms with Gasteiger partial charge in [-0.3, -0.25) is 9.78 Å². The van der Waals surface area contributed by atoms with Crippen LogP contribution in [-0.2, 0) is 13.0 Å². The predicted octanol–water partition coefficient (Wildman–Crippen LogP) is 4.38. The zero-order valence-corrected chi connectivity index (χ0v) is 17.6. The Labute approximate surface area is 176 Å². The summed E-state index contributed by atoms with van der Waals surface area (Å²) in [6.07, 6.45) is 2.28. The van der Waals surface area contributed by atoms with E-state index < -0.39 is 0 Å². The fourth-order valence-electron chi connectivity index (χ4n) is 3.99. The second-order valence-electron chi connectivity index (χ2n) is 7.70. The SMILES string of the molecule is Cc1cc(C)c(Cn2c(CCNC(=O)c3ccccn3)nc3ccccc32)c(C)c1. The second kappa shape index (κ2) is 8.49. The molecule has 5 heteroatoms. The van der Waals surface area contributed by atoms with Crippen LogP contribution in [0.1, 0.15) is 38.6 Å². The molecule has 0 spiro atoms. The summed E-state index contributed by atoms with van der Waals surface area (Å²) in [4.78, 5) is 21.3. The number of pyridine rings is 1. The number of para-hydroxylation sites is 2. The fraction of sp³-hybridized carbons (Fsp3) is 0.240. The number of aromatic nitrogens is 3. The van der Waals surface area contributed by atoms with Crippen LogP contribution in [0.15, 0.2) is 60.8 Å². The smallest absolute Gasteiger partial charge is 0.269 e. The number of nitrogens with zero attached hydrogens (tertiary/aromatic N) is 3. The topological polar surface area (TPSA) is 59.8 Å². The lowest BCUT2D eigenvalue weighted by Gasteiger charge is -2.15. The van der Waals surface area contributed by atoms with Gasteiger partial charge in [-0.05, 0) is 61.7 Å². The molecule has 0 aliphatic heterocycles. The summed E-state index contributed by atoms with van der Waals surface area (Å²) in [7, 11) is 0. The maximum absolute atomic E-state index is 12.3. The van der Waals surface area contributed by atoms with Gasteiger partial charge in [0.1, 0.15) is 11.5 Å². The van der Waals surface area contributed by atoms with Gasteiger partial charge in [0.05, 0.1) is 11.0 Å². The van der Waals surface area contributed by atoms with E-state index in [2.05, 4.69) is 53.8 Å². The van der Waals surface area contributed by atoms with Crippen molar-refractivity contribution in [1.82, 2.24) is 19.9 Å². The quantitative estimate of drug-likeness (QED) is 0.524. The number of amides is 1. The summed E-state index contributed by atoms with van der Waals surface area (Å²) < 4.78 is 2.27. The molecular formula is C25H26N4O. The van der Waals surface area contributed by atoms with Crippen molar-refractivity contribution in [3.05, 3.63) is 94.6 Å². The van der Waals surface area contributed by atoms with Crippen LogP contribution in [0.5, 0.6) is 0 Å². The molecule has 4 aromatic rings. The molecule has 0 atom stereocenters. The average molecular weight is 399 g/mol. The maximum atomic E-state index is 12.3. The number of benzene rings is 2. The number of fused-ring (bicyclic) bond motifs is 1. The summed E-state index contributed by atoms with van der Waals surface area (Å²) in [6.45, 7) is 7.74. The zero-order chi connectivity index (χ0) is 21.1. The summed E-state index contributed by atoms with van der Waals surface area (Å²) in [5.41, 5.74) is 7.70. The van der Waals surface area contributed by atoms with Gasteiger partial charge in [-0.1, -0.05) is 35.9 Å². The minimum absolute atomic E-state index is 0.163. The molecule has 0 saturated heterocycles. The Morgan fingerprint density at radius 1 is 1.00 bits per heavy atom. The van der Waals surface area contributed by atoms with Gasteiger partial charge < -0.3 is 9.88 Å². The van der Waals surface area contributed by atoms with Gasteiger partial charge in [0, 0.05) is 25.7 Å². The molecule has 2 aromatic carbocycles. The monoisotopic (exact) mass is 398 g/mol. The van der Waals surface area contributed by atoms with Crippen molar-refractivity contribution in [2.24, 2.45) is 0 Å². The normalized spacial score (nSPS) is 11.0. The van der Waals surface area contributed by atoms with Gasteiger partial charge in [0.2, 0.25) is 0 Å². The minimum Gasteiger partial charge on any atom is -0.350 e. The van der Waals surface area contributed by atoms with Crippen LogP contribution in [0, 0.1) is 20.8 Å². The van der Waals surface area contributed by atoms with Gasteiger partial charge in [-0.2, -0.15) is 0 Å². The highest BCUT2D eigenvalue weighted by atomic mass is 16.1. The van der Waals surface area contributed by atoms with Crippen molar-refractivity contribution in [1.29, 1.82) is 0 Å². The van der Waals surface area contributed by atoms with Gasteiger partial charge in [0.15, 0.2) is 0 Å². The average Bonchev–Trinajstić information content (AvgIpc) is 3.08. The van der Waals surface area contributed by atoms with Crippen LogP contribution >= 0.6 is 0 Å². The van der Waals surface area contributed by atoms with E-state index in [0.717, 1.165) is 23.4 Å². The van der Waals surface area contributed by atoms with Crippen LogP contribution in [0.25, 0.3) is 11.0 Å². The Bertz CT molecular complexity index is 1170. The van der Waals surface area contributed by atoms with E-state index in [-0.39, 0.29) is 5.91 Å². The molecule has 0 unspecified atom stereocenters. The van der Waals surface area contributed by atoms with E-state index in [0.29, 0.717) is 18.7 Å².